The van der Waals surface area contributed by atoms with E-state index in [0.717, 1.165) is 36.8 Å². The molecule has 43 heavy (non-hydrogen) atoms. The van der Waals surface area contributed by atoms with Crippen molar-refractivity contribution in [2.75, 3.05) is 30.8 Å². The average molecular weight is 581 g/mol. The maximum atomic E-state index is 12.8. The lowest BCUT2D eigenvalue weighted by Crippen LogP contribution is -2.43. The molecule has 2 fully saturated rings. The quantitative estimate of drug-likeness (QED) is 0.349. The predicted molar refractivity (Wildman–Crippen MR) is 167 cm³/mol. The number of rotatable bonds is 9. The van der Waals surface area contributed by atoms with Crippen LogP contribution in [0.5, 0.6) is 0 Å². The maximum Gasteiger partial charge on any atom is 0.253 e. The first kappa shape index (κ1) is 30.0. The number of likely N-dealkylation sites (tertiary alicyclic amines) is 1. The Hall–Kier alpha value is -4.46. The lowest BCUT2D eigenvalue weighted by Gasteiger charge is -2.33. The van der Waals surface area contributed by atoms with E-state index < -0.39 is 0 Å². The lowest BCUT2D eigenvalue weighted by atomic mass is 9.94. The van der Waals surface area contributed by atoms with E-state index in [9.17, 15) is 19.2 Å². The van der Waals surface area contributed by atoms with Gasteiger partial charge >= 0.3 is 0 Å². The number of carbonyl (C=O) groups is 4. The summed E-state index contributed by atoms with van der Waals surface area (Å²) in [7, 11) is 1.77. The third-order valence-electron chi connectivity index (χ3n) is 8.49. The van der Waals surface area contributed by atoms with E-state index in [2.05, 4.69) is 10.6 Å². The van der Waals surface area contributed by atoms with Crippen LogP contribution in [0.3, 0.4) is 0 Å². The summed E-state index contributed by atoms with van der Waals surface area (Å²) >= 11 is 0. The summed E-state index contributed by atoms with van der Waals surface area (Å²) in [5.41, 5.74) is 3.74. The lowest BCUT2D eigenvalue weighted by molar-refractivity contribution is -0.138. The molecule has 0 radical (unpaired) electrons. The maximum absolute atomic E-state index is 12.8. The van der Waals surface area contributed by atoms with Crippen LogP contribution in [0.1, 0.15) is 60.0 Å². The SMILES string of the molecule is CN(Cc1ccccc1)C(=O)c1ccc(NC(=O)Cc2ccc(NC(=O)C3CCN(C(=O)C4CCCC4)CC3)cc2)cc1. The molecular formula is C35H40N4O4. The molecule has 0 atom stereocenters. The first-order chi connectivity index (χ1) is 20.9. The van der Waals surface area contributed by atoms with Gasteiger partial charge < -0.3 is 20.4 Å². The minimum atomic E-state index is -0.170. The Kier molecular flexibility index (Phi) is 9.87. The van der Waals surface area contributed by atoms with Gasteiger partial charge in [0.25, 0.3) is 5.91 Å². The second-order valence-corrected chi connectivity index (χ2v) is 11.7. The van der Waals surface area contributed by atoms with Gasteiger partial charge in [0.1, 0.15) is 0 Å². The zero-order valence-electron chi connectivity index (χ0n) is 24.8. The van der Waals surface area contributed by atoms with Crippen molar-refractivity contribution in [3.05, 3.63) is 95.6 Å². The number of carbonyl (C=O) groups excluding carboxylic acids is 4. The minimum Gasteiger partial charge on any atom is -0.342 e. The fourth-order valence-electron chi connectivity index (χ4n) is 5.98. The molecular weight excluding hydrogens is 540 g/mol. The highest BCUT2D eigenvalue weighted by Gasteiger charge is 2.32. The van der Waals surface area contributed by atoms with Crippen LogP contribution in [0.2, 0.25) is 0 Å². The number of anilines is 2. The molecule has 2 aliphatic rings. The van der Waals surface area contributed by atoms with Gasteiger partial charge in [0.2, 0.25) is 17.7 Å². The van der Waals surface area contributed by atoms with Gasteiger partial charge in [0.15, 0.2) is 0 Å². The molecule has 4 amide bonds. The van der Waals surface area contributed by atoms with Crippen LogP contribution in [0, 0.1) is 11.8 Å². The highest BCUT2D eigenvalue weighted by Crippen LogP contribution is 2.29. The standard InChI is InChI=1S/C35H40N4O4/c1-38(24-26-7-3-2-4-8-26)34(42)29-13-17-30(18-14-29)36-32(40)23-25-11-15-31(16-12-25)37-33(41)27-19-21-39(22-20-27)35(43)28-9-5-6-10-28/h2-4,7-8,11-18,27-28H,5-6,9-10,19-24H2,1H3,(H,36,40)(H,37,41). The van der Waals surface area contributed by atoms with Crippen LogP contribution < -0.4 is 10.6 Å². The first-order valence-electron chi connectivity index (χ1n) is 15.2. The van der Waals surface area contributed by atoms with Crippen molar-refractivity contribution in [3.8, 4) is 0 Å². The molecule has 1 saturated carbocycles. The Bertz CT molecular complexity index is 1410. The number of nitrogens with one attached hydrogen (secondary N) is 2. The van der Waals surface area contributed by atoms with Crippen molar-refractivity contribution >= 4 is 35.0 Å². The molecule has 0 spiro atoms. The van der Waals surface area contributed by atoms with E-state index in [4.69, 9.17) is 0 Å². The Morgan fingerprint density at radius 2 is 1.33 bits per heavy atom. The zero-order valence-corrected chi connectivity index (χ0v) is 24.8. The third-order valence-corrected chi connectivity index (χ3v) is 8.49. The molecule has 1 heterocycles. The van der Waals surface area contributed by atoms with Crippen molar-refractivity contribution in [1.29, 1.82) is 0 Å². The van der Waals surface area contributed by atoms with Crippen molar-refractivity contribution in [3.63, 3.8) is 0 Å². The summed E-state index contributed by atoms with van der Waals surface area (Å²) in [5.74, 6) is 0.0609. The molecule has 3 aromatic rings. The Morgan fingerprint density at radius 3 is 1.98 bits per heavy atom. The summed E-state index contributed by atoms with van der Waals surface area (Å²) in [6, 6.07) is 24.0. The average Bonchev–Trinajstić information content (AvgIpc) is 3.57. The van der Waals surface area contributed by atoms with Gasteiger partial charge in [0.05, 0.1) is 6.42 Å². The summed E-state index contributed by atoms with van der Waals surface area (Å²) < 4.78 is 0. The number of hydrogen-bond donors (Lipinski definition) is 2. The van der Waals surface area contributed by atoms with Gasteiger partial charge in [0, 0.05) is 55.5 Å². The molecule has 224 valence electrons. The highest BCUT2D eigenvalue weighted by atomic mass is 16.2. The smallest absolute Gasteiger partial charge is 0.253 e. The van der Waals surface area contributed by atoms with Crippen LogP contribution in [-0.4, -0.2) is 53.6 Å². The normalized spacial score (nSPS) is 15.6. The topological polar surface area (TPSA) is 98.8 Å². The molecule has 0 aromatic heterocycles. The van der Waals surface area contributed by atoms with E-state index in [1.807, 2.05) is 59.5 Å². The molecule has 8 heteroatoms. The van der Waals surface area contributed by atoms with Crippen LogP contribution >= 0.6 is 0 Å². The van der Waals surface area contributed by atoms with Gasteiger partial charge in [-0.1, -0.05) is 55.3 Å². The molecule has 8 nitrogen and oxygen atoms in total. The molecule has 5 rings (SSSR count). The number of hydrogen-bond acceptors (Lipinski definition) is 4. The predicted octanol–water partition coefficient (Wildman–Crippen LogP) is 5.51. The van der Waals surface area contributed by atoms with Crippen LogP contribution in [0.15, 0.2) is 78.9 Å². The summed E-state index contributed by atoms with van der Waals surface area (Å²) in [4.78, 5) is 54.6. The number of benzene rings is 3. The van der Waals surface area contributed by atoms with Gasteiger partial charge in [-0.15, -0.1) is 0 Å². The summed E-state index contributed by atoms with van der Waals surface area (Å²) in [6.07, 6.45) is 5.83. The fraction of sp³-hybridized carbons (Fsp3) is 0.371. The Balaban J connectivity index is 1.05. The first-order valence-corrected chi connectivity index (χ1v) is 15.2. The molecule has 3 aromatic carbocycles. The molecule has 1 aliphatic carbocycles. The number of amides is 4. The Labute approximate surface area is 253 Å². The largest absolute Gasteiger partial charge is 0.342 e. The minimum absolute atomic E-state index is 0.0216. The van der Waals surface area contributed by atoms with E-state index in [1.165, 1.54) is 0 Å². The van der Waals surface area contributed by atoms with Crippen LogP contribution in [-0.2, 0) is 27.3 Å². The monoisotopic (exact) mass is 580 g/mol. The number of piperidine rings is 1. The second kappa shape index (κ2) is 14.1. The van der Waals surface area contributed by atoms with Gasteiger partial charge in [-0.05, 0) is 73.2 Å². The summed E-state index contributed by atoms with van der Waals surface area (Å²) in [5, 5.41) is 5.88. The van der Waals surface area contributed by atoms with Gasteiger partial charge in [-0.3, -0.25) is 19.2 Å². The fourth-order valence-corrected chi connectivity index (χ4v) is 5.98. The highest BCUT2D eigenvalue weighted by molar-refractivity contribution is 5.96. The van der Waals surface area contributed by atoms with E-state index in [-0.39, 0.29) is 41.9 Å². The van der Waals surface area contributed by atoms with Crippen molar-refractivity contribution in [1.82, 2.24) is 9.80 Å². The number of nitrogens with zero attached hydrogens (tertiary/aromatic N) is 2. The zero-order chi connectivity index (χ0) is 30.2. The molecule has 0 bridgehead atoms. The molecule has 0 unspecified atom stereocenters. The Morgan fingerprint density at radius 1 is 0.721 bits per heavy atom. The van der Waals surface area contributed by atoms with Crippen molar-refractivity contribution in [2.24, 2.45) is 11.8 Å². The third kappa shape index (κ3) is 8.09. The molecule has 1 aliphatic heterocycles. The van der Waals surface area contributed by atoms with Crippen LogP contribution in [0.25, 0.3) is 0 Å². The van der Waals surface area contributed by atoms with Crippen molar-refractivity contribution < 1.29 is 19.2 Å². The molecule has 1 saturated heterocycles. The van der Waals surface area contributed by atoms with Crippen LogP contribution in [0.4, 0.5) is 11.4 Å². The van der Waals surface area contributed by atoms with Gasteiger partial charge in [-0.2, -0.15) is 0 Å². The summed E-state index contributed by atoms with van der Waals surface area (Å²) in [6.45, 7) is 1.81. The van der Waals surface area contributed by atoms with E-state index in [1.54, 1.807) is 36.2 Å². The molecule has 2 N–H and O–H groups in total. The van der Waals surface area contributed by atoms with E-state index >= 15 is 0 Å². The van der Waals surface area contributed by atoms with E-state index in [0.29, 0.717) is 49.4 Å². The van der Waals surface area contributed by atoms with Crippen molar-refractivity contribution in [2.45, 2.75) is 51.5 Å². The second-order valence-electron chi connectivity index (χ2n) is 11.7. The van der Waals surface area contributed by atoms with Gasteiger partial charge in [-0.25, -0.2) is 0 Å².